The van der Waals surface area contributed by atoms with Crippen molar-refractivity contribution in [3.8, 4) is 5.75 Å². The van der Waals surface area contributed by atoms with Crippen molar-refractivity contribution in [2.75, 3.05) is 26.3 Å². The van der Waals surface area contributed by atoms with Crippen LogP contribution >= 0.6 is 0 Å². The van der Waals surface area contributed by atoms with Gasteiger partial charge < -0.3 is 14.4 Å². The Balaban J connectivity index is 1.21. The number of morpholine rings is 1. The van der Waals surface area contributed by atoms with E-state index in [1.807, 2.05) is 31.2 Å². The second-order valence-electron chi connectivity index (χ2n) is 8.10. The molecule has 3 heterocycles. The van der Waals surface area contributed by atoms with Crippen molar-refractivity contribution in [1.82, 2.24) is 25.3 Å². The van der Waals surface area contributed by atoms with Crippen molar-refractivity contribution in [2.45, 2.75) is 19.4 Å². The zero-order valence-electron chi connectivity index (χ0n) is 18.2. The lowest BCUT2D eigenvalue weighted by Crippen LogP contribution is -2.42. The van der Waals surface area contributed by atoms with Gasteiger partial charge in [-0.25, -0.2) is 4.39 Å². The summed E-state index contributed by atoms with van der Waals surface area (Å²) in [5.74, 6) is 0.196. The maximum atomic E-state index is 13.2. The van der Waals surface area contributed by atoms with E-state index in [1.165, 1.54) is 12.1 Å². The number of aryl methyl sites for hydroxylation is 1. The monoisotopic (exact) mass is 449 g/mol. The number of halogens is 1. The van der Waals surface area contributed by atoms with E-state index >= 15 is 0 Å². The van der Waals surface area contributed by atoms with E-state index in [1.54, 1.807) is 17.0 Å². The van der Waals surface area contributed by atoms with Gasteiger partial charge in [-0.3, -0.25) is 15.0 Å². The molecule has 1 saturated heterocycles. The Morgan fingerprint density at radius 1 is 1.18 bits per heavy atom. The molecule has 2 aromatic carbocycles. The Hall–Kier alpha value is -3.72. The van der Waals surface area contributed by atoms with Crippen molar-refractivity contribution in [2.24, 2.45) is 0 Å². The van der Waals surface area contributed by atoms with E-state index in [4.69, 9.17) is 9.47 Å². The van der Waals surface area contributed by atoms with Gasteiger partial charge in [0.1, 0.15) is 17.7 Å². The van der Waals surface area contributed by atoms with Gasteiger partial charge in [0, 0.05) is 24.0 Å². The molecule has 0 unspecified atom stereocenters. The molecule has 2 N–H and O–H groups in total. The highest BCUT2D eigenvalue weighted by Gasteiger charge is 2.29. The molecule has 1 atom stereocenters. The fourth-order valence-corrected chi connectivity index (χ4v) is 3.94. The van der Waals surface area contributed by atoms with Gasteiger partial charge in [-0.05, 0) is 49.4 Å². The predicted molar refractivity (Wildman–Crippen MR) is 120 cm³/mol. The van der Waals surface area contributed by atoms with E-state index in [0.717, 1.165) is 27.9 Å². The minimum Gasteiger partial charge on any atom is -0.493 e. The Labute approximate surface area is 189 Å². The van der Waals surface area contributed by atoms with Gasteiger partial charge in [0.15, 0.2) is 5.69 Å². The van der Waals surface area contributed by atoms with Crippen LogP contribution in [0.25, 0.3) is 10.9 Å². The highest BCUT2D eigenvalue weighted by atomic mass is 19.1. The molecule has 1 aliphatic rings. The van der Waals surface area contributed by atoms with E-state index in [2.05, 4.69) is 20.4 Å². The maximum absolute atomic E-state index is 13.2. The number of aromatic nitrogens is 4. The highest BCUT2D eigenvalue weighted by molar-refractivity contribution is 6.04. The van der Waals surface area contributed by atoms with Crippen LogP contribution in [0.2, 0.25) is 0 Å². The molecule has 170 valence electrons. The Morgan fingerprint density at radius 3 is 2.88 bits per heavy atom. The number of amides is 1. The maximum Gasteiger partial charge on any atom is 0.275 e. The minimum atomic E-state index is -0.322. The molecule has 1 amide bonds. The molecule has 0 aliphatic carbocycles. The molecule has 5 rings (SSSR count). The molecule has 9 heteroatoms. The second kappa shape index (κ2) is 9.03. The van der Waals surface area contributed by atoms with Crippen LogP contribution in [0.3, 0.4) is 0 Å². The molecular formula is C24H24FN5O3. The van der Waals surface area contributed by atoms with Crippen LogP contribution in [0.1, 0.15) is 33.5 Å². The topological polar surface area (TPSA) is 96.1 Å². The second-order valence-corrected chi connectivity index (χ2v) is 8.10. The first kappa shape index (κ1) is 21.1. The van der Waals surface area contributed by atoms with Gasteiger partial charge in [-0.2, -0.15) is 10.2 Å². The Kier molecular flexibility index (Phi) is 5.78. The summed E-state index contributed by atoms with van der Waals surface area (Å²) < 4.78 is 24.5. The summed E-state index contributed by atoms with van der Waals surface area (Å²) in [6, 6.07) is 13.7. The average Bonchev–Trinajstić information content (AvgIpc) is 3.47. The molecule has 0 bridgehead atoms. The Bertz CT molecular complexity index is 1270. The van der Waals surface area contributed by atoms with Crippen LogP contribution in [-0.2, 0) is 11.2 Å². The quantitative estimate of drug-likeness (QED) is 0.469. The van der Waals surface area contributed by atoms with Crippen molar-refractivity contribution >= 4 is 16.8 Å². The van der Waals surface area contributed by atoms with Crippen molar-refractivity contribution in [3.63, 3.8) is 0 Å². The first-order valence-corrected chi connectivity index (χ1v) is 10.8. The largest absolute Gasteiger partial charge is 0.493 e. The molecule has 1 aliphatic heterocycles. The summed E-state index contributed by atoms with van der Waals surface area (Å²) >= 11 is 0. The number of fused-ring (bicyclic) bond motifs is 1. The fraction of sp³-hybridized carbons (Fsp3) is 0.292. The number of nitrogens with zero attached hydrogens (tertiary/aromatic N) is 3. The normalized spacial score (nSPS) is 16.3. The molecule has 1 fully saturated rings. The third kappa shape index (κ3) is 4.58. The summed E-state index contributed by atoms with van der Waals surface area (Å²) in [4.78, 5) is 14.9. The number of hydrogen-bond donors (Lipinski definition) is 2. The van der Waals surface area contributed by atoms with Crippen molar-refractivity contribution in [3.05, 3.63) is 77.0 Å². The molecule has 0 spiro atoms. The lowest BCUT2D eigenvalue weighted by Gasteiger charge is -2.31. The van der Waals surface area contributed by atoms with Crippen LogP contribution in [0.5, 0.6) is 5.75 Å². The third-order valence-corrected chi connectivity index (χ3v) is 5.71. The molecule has 4 aromatic rings. The summed E-state index contributed by atoms with van der Waals surface area (Å²) in [5, 5.41) is 15.4. The number of H-pyrrole nitrogens is 2. The van der Waals surface area contributed by atoms with Gasteiger partial charge in [0.2, 0.25) is 0 Å². The predicted octanol–water partition coefficient (Wildman–Crippen LogP) is 3.57. The van der Waals surface area contributed by atoms with Gasteiger partial charge in [0.25, 0.3) is 5.91 Å². The third-order valence-electron chi connectivity index (χ3n) is 5.71. The average molecular weight is 449 g/mol. The lowest BCUT2D eigenvalue weighted by molar-refractivity contribution is -0.0248. The van der Waals surface area contributed by atoms with Crippen molar-refractivity contribution in [1.29, 1.82) is 0 Å². The summed E-state index contributed by atoms with van der Waals surface area (Å²) in [6.07, 6.45) is 0.288. The molecule has 33 heavy (non-hydrogen) atoms. The van der Waals surface area contributed by atoms with Crippen LogP contribution in [0, 0.1) is 12.7 Å². The van der Waals surface area contributed by atoms with Crippen LogP contribution < -0.4 is 4.74 Å². The molecule has 0 radical (unpaired) electrons. The highest BCUT2D eigenvalue weighted by Crippen LogP contribution is 2.25. The zero-order valence-corrected chi connectivity index (χ0v) is 18.2. The molecule has 8 nitrogen and oxygen atoms in total. The van der Waals surface area contributed by atoms with Gasteiger partial charge in [-0.1, -0.05) is 11.6 Å². The standard InChI is InChI=1S/C24H24FN5O3/c1-15-2-7-20-19(12-15)23(29-27-20)24(31)30-9-11-33-22(14-30)21-13-17(26-28-21)8-10-32-18-5-3-16(25)4-6-18/h2-7,12-13,22H,8-11,14H2,1H3,(H,26,28)(H,27,29)/t22-/m1/s1. The van der Waals surface area contributed by atoms with E-state index in [-0.39, 0.29) is 17.8 Å². The lowest BCUT2D eigenvalue weighted by atomic mass is 10.1. The van der Waals surface area contributed by atoms with Crippen LogP contribution in [0.4, 0.5) is 4.39 Å². The van der Waals surface area contributed by atoms with Gasteiger partial charge in [0.05, 0.1) is 31.0 Å². The van der Waals surface area contributed by atoms with Gasteiger partial charge >= 0.3 is 0 Å². The number of carbonyl (C=O) groups excluding carboxylic acids is 1. The van der Waals surface area contributed by atoms with Crippen LogP contribution in [-0.4, -0.2) is 57.5 Å². The van der Waals surface area contributed by atoms with Gasteiger partial charge in [-0.15, -0.1) is 0 Å². The first-order valence-electron chi connectivity index (χ1n) is 10.8. The first-order chi connectivity index (χ1) is 16.1. The van der Waals surface area contributed by atoms with E-state index in [9.17, 15) is 9.18 Å². The summed E-state index contributed by atoms with van der Waals surface area (Å²) in [6.45, 7) is 3.74. The molecule has 2 aromatic heterocycles. The molecular weight excluding hydrogens is 425 g/mol. The summed E-state index contributed by atoms with van der Waals surface area (Å²) in [7, 11) is 0. The number of aromatic amines is 2. The Morgan fingerprint density at radius 2 is 2.03 bits per heavy atom. The van der Waals surface area contributed by atoms with E-state index < -0.39 is 0 Å². The van der Waals surface area contributed by atoms with Crippen LogP contribution in [0.15, 0.2) is 48.5 Å². The smallest absolute Gasteiger partial charge is 0.275 e. The number of nitrogens with one attached hydrogen (secondary N) is 2. The fourth-order valence-electron chi connectivity index (χ4n) is 3.94. The number of ether oxygens (including phenoxy) is 2. The number of benzene rings is 2. The zero-order chi connectivity index (χ0) is 22.8. The SMILES string of the molecule is Cc1ccc2[nH]nc(C(=O)N3CCO[C@@H](c4cc(CCOc5ccc(F)cc5)[nH]n4)C3)c2c1. The minimum absolute atomic E-state index is 0.122. The number of carbonyl (C=O) groups is 1. The van der Waals surface area contributed by atoms with Crippen molar-refractivity contribution < 1.29 is 18.7 Å². The molecule has 0 saturated carbocycles. The number of rotatable bonds is 6. The summed E-state index contributed by atoms with van der Waals surface area (Å²) in [5.41, 5.74) is 3.98. The van der Waals surface area contributed by atoms with E-state index in [0.29, 0.717) is 44.2 Å². The number of hydrogen-bond acceptors (Lipinski definition) is 5.